The Bertz CT molecular complexity index is 401. The number of ether oxygens (including phenoxy) is 1. The van der Waals surface area contributed by atoms with Crippen LogP contribution in [0.3, 0.4) is 0 Å². The van der Waals surface area contributed by atoms with Crippen molar-refractivity contribution < 1.29 is 19.3 Å². The molecule has 1 aromatic carbocycles. The first-order chi connectivity index (χ1) is 9.15. The van der Waals surface area contributed by atoms with Crippen molar-refractivity contribution in [2.24, 2.45) is 0 Å². The molecule has 0 amide bonds. The molecule has 0 saturated heterocycles. The summed E-state index contributed by atoms with van der Waals surface area (Å²) in [6.45, 7) is 8.34. The van der Waals surface area contributed by atoms with Gasteiger partial charge in [0.2, 0.25) is 0 Å². The molecule has 0 atom stereocenters. The SMILES string of the molecule is CCCCOC[CH]OOC(=O)c1ccc(C)c(C)c1. The molecule has 0 spiro atoms. The van der Waals surface area contributed by atoms with Crippen LogP contribution in [0.4, 0.5) is 0 Å². The third-order valence-electron chi connectivity index (χ3n) is 2.76. The molecule has 105 valence electrons. The summed E-state index contributed by atoms with van der Waals surface area (Å²) >= 11 is 0. The molecule has 0 aromatic heterocycles. The van der Waals surface area contributed by atoms with Gasteiger partial charge in [-0.3, -0.25) is 4.89 Å². The molecule has 0 aliphatic carbocycles. The van der Waals surface area contributed by atoms with Crippen LogP contribution in [0, 0.1) is 20.5 Å². The van der Waals surface area contributed by atoms with E-state index in [0.717, 1.165) is 24.0 Å². The molecule has 1 radical (unpaired) electrons. The molecule has 0 aliphatic heterocycles. The molecule has 0 N–H and O–H groups in total. The molecule has 0 saturated carbocycles. The first-order valence-corrected chi connectivity index (χ1v) is 6.49. The molecule has 0 bridgehead atoms. The Morgan fingerprint density at radius 1 is 1.26 bits per heavy atom. The lowest BCUT2D eigenvalue weighted by atomic mass is 10.1. The highest BCUT2D eigenvalue weighted by atomic mass is 17.2. The number of benzene rings is 1. The van der Waals surface area contributed by atoms with E-state index in [9.17, 15) is 4.79 Å². The largest absolute Gasteiger partial charge is 0.378 e. The van der Waals surface area contributed by atoms with Gasteiger partial charge in [-0.1, -0.05) is 19.4 Å². The summed E-state index contributed by atoms with van der Waals surface area (Å²) in [6.07, 6.45) is 2.10. The number of carbonyl (C=O) groups excluding carboxylic acids is 1. The zero-order chi connectivity index (χ0) is 14.1. The van der Waals surface area contributed by atoms with Gasteiger partial charge in [-0.25, -0.2) is 4.79 Å². The van der Waals surface area contributed by atoms with Crippen LogP contribution in [0.15, 0.2) is 18.2 Å². The van der Waals surface area contributed by atoms with Crippen molar-refractivity contribution in [3.63, 3.8) is 0 Å². The van der Waals surface area contributed by atoms with Gasteiger partial charge < -0.3 is 4.74 Å². The molecule has 1 rings (SSSR count). The van der Waals surface area contributed by atoms with E-state index in [4.69, 9.17) is 9.62 Å². The lowest BCUT2D eigenvalue weighted by Gasteiger charge is -2.05. The molecule has 0 aliphatic rings. The monoisotopic (exact) mass is 265 g/mol. The van der Waals surface area contributed by atoms with Gasteiger partial charge >= 0.3 is 5.97 Å². The van der Waals surface area contributed by atoms with Gasteiger partial charge in [-0.05, 0) is 43.5 Å². The van der Waals surface area contributed by atoms with Crippen molar-refractivity contribution in [2.75, 3.05) is 13.2 Å². The Balaban J connectivity index is 2.22. The normalized spacial score (nSPS) is 10.5. The van der Waals surface area contributed by atoms with Gasteiger partial charge in [-0.2, -0.15) is 4.89 Å². The van der Waals surface area contributed by atoms with Crippen LogP contribution in [0.1, 0.15) is 41.3 Å². The van der Waals surface area contributed by atoms with E-state index in [1.807, 2.05) is 19.9 Å². The Labute approximate surface area is 114 Å². The second-order valence-corrected chi connectivity index (χ2v) is 4.36. The van der Waals surface area contributed by atoms with Crippen molar-refractivity contribution >= 4 is 5.97 Å². The summed E-state index contributed by atoms with van der Waals surface area (Å²) in [5, 5.41) is 0. The number of hydrogen-bond acceptors (Lipinski definition) is 4. The number of rotatable bonds is 8. The number of unbranched alkanes of at least 4 members (excludes halogenated alkanes) is 1. The predicted octanol–water partition coefficient (Wildman–Crippen LogP) is 3.37. The Hall–Kier alpha value is -1.39. The molecule has 1 aromatic rings. The fraction of sp³-hybridized carbons (Fsp3) is 0.467. The van der Waals surface area contributed by atoms with E-state index in [1.165, 1.54) is 6.61 Å². The van der Waals surface area contributed by atoms with Crippen LogP contribution < -0.4 is 0 Å². The van der Waals surface area contributed by atoms with Gasteiger partial charge in [0.05, 0.1) is 12.2 Å². The molecule has 4 heteroatoms. The summed E-state index contributed by atoms with van der Waals surface area (Å²) < 4.78 is 5.22. The summed E-state index contributed by atoms with van der Waals surface area (Å²) in [5.74, 6) is -0.507. The van der Waals surface area contributed by atoms with Gasteiger partial charge in [0.15, 0.2) is 6.61 Å². The summed E-state index contributed by atoms with van der Waals surface area (Å²) in [7, 11) is 0. The smallest absolute Gasteiger partial charge is 0.373 e. The average molecular weight is 265 g/mol. The van der Waals surface area contributed by atoms with E-state index < -0.39 is 5.97 Å². The molecule has 0 heterocycles. The first kappa shape index (κ1) is 15.7. The van der Waals surface area contributed by atoms with E-state index >= 15 is 0 Å². The van der Waals surface area contributed by atoms with E-state index in [2.05, 4.69) is 11.8 Å². The van der Waals surface area contributed by atoms with Crippen molar-refractivity contribution in [1.29, 1.82) is 0 Å². The second kappa shape index (κ2) is 8.67. The quantitative estimate of drug-likeness (QED) is 0.410. The lowest BCUT2D eigenvalue weighted by Crippen LogP contribution is -2.07. The molecular formula is C15H21O4. The topological polar surface area (TPSA) is 44.8 Å². The third-order valence-corrected chi connectivity index (χ3v) is 2.76. The van der Waals surface area contributed by atoms with Gasteiger partial charge in [0.25, 0.3) is 0 Å². The second-order valence-electron chi connectivity index (χ2n) is 4.36. The van der Waals surface area contributed by atoms with Gasteiger partial charge in [-0.15, -0.1) is 0 Å². The Morgan fingerprint density at radius 2 is 2.05 bits per heavy atom. The van der Waals surface area contributed by atoms with E-state index in [0.29, 0.717) is 18.8 Å². The van der Waals surface area contributed by atoms with Crippen LogP contribution in [-0.2, 0) is 14.5 Å². The van der Waals surface area contributed by atoms with Crippen molar-refractivity contribution in [2.45, 2.75) is 33.6 Å². The maximum atomic E-state index is 11.6. The van der Waals surface area contributed by atoms with E-state index in [-0.39, 0.29) is 0 Å². The maximum absolute atomic E-state index is 11.6. The highest BCUT2D eigenvalue weighted by Gasteiger charge is 2.09. The fourth-order valence-electron chi connectivity index (χ4n) is 1.40. The molecule has 19 heavy (non-hydrogen) atoms. The molecule has 0 unspecified atom stereocenters. The molecular weight excluding hydrogens is 244 g/mol. The standard InChI is InChI=1S/C15H21O4/c1-4-5-8-17-9-10-18-19-15(16)14-7-6-12(2)13(3)11-14/h6-7,10-11H,4-5,8-9H2,1-3H3. The highest BCUT2D eigenvalue weighted by Crippen LogP contribution is 2.11. The number of carbonyl (C=O) groups is 1. The molecule has 4 nitrogen and oxygen atoms in total. The predicted molar refractivity (Wildman–Crippen MR) is 72.4 cm³/mol. The summed E-state index contributed by atoms with van der Waals surface area (Å²) in [4.78, 5) is 21.0. The van der Waals surface area contributed by atoms with Crippen LogP contribution in [0.2, 0.25) is 0 Å². The summed E-state index contributed by atoms with van der Waals surface area (Å²) in [5.41, 5.74) is 2.65. The summed E-state index contributed by atoms with van der Waals surface area (Å²) in [6, 6.07) is 5.37. The zero-order valence-electron chi connectivity index (χ0n) is 11.8. The van der Waals surface area contributed by atoms with Crippen LogP contribution in [0.25, 0.3) is 0 Å². The van der Waals surface area contributed by atoms with Crippen LogP contribution in [0.5, 0.6) is 0 Å². The third kappa shape index (κ3) is 5.85. The lowest BCUT2D eigenvalue weighted by molar-refractivity contribution is -0.218. The van der Waals surface area contributed by atoms with Crippen molar-refractivity contribution in [3.8, 4) is 0 Å². The number of hydrogen-bond donors (Lipinski definition) is 0. The number of aryl methyl sites for hydroxylation is 2. The maximum Gasteiger partial charge on any atom is 0.373 e. The Morgan fingerprint density at radius 3 is 2.74 bits per heavy atom. The average Bonchev–Trinajstić information content (AvgIpc) is 2.40. The minimum absolute atomic E-state index is 0.306. The van der Waals surface area contributed by atoms with Gasteiger partial charge in [0.1, 0.15) is 0 Å². The van der Waals surface area contributed by atoms with Crippen LogP contribution >= 0.6 is 0 Å². The minimum Gasteiger partial charge on any atom is -0.378 e. The highest BCUT2D eigenvalue weighted by molar-refractivity contribution is 5.89. The van der Waals surface area contributed by atoms with Crippen LogP contribution in [-0.4, -0.2) is 19.2 Å². The fourth-order valence-corrected chi connectivity index (χ4v) is 1.40. The Kier molecular flexibility index (Phi) is 7.15. The first-order valence-electron chi connectivity index (χ1n) is 6.49. The molecule has 0 fully saturated rings. The van der Waals surface area contributed by atoms with E-state index in [1.54, 1.807) is 12.1 Å². The van der Waals surface area contributed by atoms with Gasteiger partial charge in [0, 0.05) is 6.61 Å². The zero-order valence-corrected chi connectivity index (χ0v) is 11.8. The minimum atomic E-state index is -0.507. The van der Waals surface area contributed by atoms with Crippen molar-refractivity contribution in [1.82, 2.24) is 0 Å². The van der Waals surface area contributed by atoms with Crippen molar-refractivity contribution in [3.05, 3.63) is 41.5 Å².